The zero-order chi connectivity index (χ0) is 21.8. The van der Waals surface area contributed by atoms with Crippen LogP contribution in [0.2, 0.25) is 0 Å². The van der Waals surface area contributed by atoms with E-state index in [1.807, 2.05) is 41.3 Å². The number of phenolic OH excluding ortho intramolecular Hbond substituents is 1. The number of fused-ring (bicyclic) bond motifs is 1. The van der Waals surface area contributed by atoms with Crippen LogP contribution in [0, 0.1) is 0 Å². The SMILES string of the molecule is CCCOc1ccc(C2c3c(-c4ccccc4O)n[nH]c3C(=O)N2CCCOC)cc1. The van der Waals surface area contributed by atoms with Gasteiger partial charge in [0.05, 0.1) is 12.6 Å². The van der Waals surface area contributed by atoms with Crippen molar-refractivity contribution in [3.05, 3.63) is 65.4 Å². The van der Waals surface area contributed by atoms with Gasteiger partial charge in [0, 0.05) is 31.4 Å². The van der Waals surface area contributed by atoms with E-state index in [1.54, 1.807) is 19.2 Å². The molecule has 7 nitrogen and oxygen atoms in total. The zero-order valence-corrected chi connectivity index (χ0v) is 17.8. The molecule has 1 amide bonds. The zero-order valence-electron chi connectivity index (χ0n) is 17.8. The molecule has 0 radical (unpaired) electrons. The molecule has 162 valence electrons. The van der Waals surface area contributed by atoms with E-state index in [4.69, 9.17) is 9.47 Å². The molecule has 1 aromatic heterocycles. The lowest BCUT2D eigenvalue weighted by atomic mass is 9.95. The minimum atomic E-state index is -0.312. The van der Waals surface area contributed by atoms with Gasteiger partial charge in [0.2, 0.25) is 0 Å². The van der Waals surface area contributed by atoms with Crippen LogP contribution in [0.4, 0.5) is 0 Å². The summed E-state index contributed by atoms with van der Waals surface area (Å²) < 4.78 is 10.9. The number of aromatic nitrogens is 2. The lowest BCUT2D eigenvalue weighted by Gasteiger charge is -2.26. The third-order valence-electron chi connectivity index (χ3n) is 5.44. The second kappa shape index (κ2) is 9.22. The first-order valence-corrected chi connectivity index (χ1v) is 10.5. The van der Waals surface area contributed by atoms with Crippen LogP contribution in [-0.2, 0) is 4.74 Å². The first-order valence-electron chi connectivity index (χ1n) is 10.5. The Balaban J connectivity index is 1.76. The topological polar surface area (TPSA) is 87.7 Å². The quantitative estimate of drug-likeness (QED) is 0.507. The number of carbonyl (C=O) groups is 1. The number of amides is 1. The van der Waals surface area contributed by atoms with Gasteiger partial charge in [-0.15, -0.1) is 0 Å². The van der Waals surface area contributed by atoms with Crippen molar-refractivity contribution >= 4 is 5.91 Å². The normalized spacial score (nSPS) is 15.4. The summed E-state index contributed by atoms with van der Waals surface area (Å²) in [5, 5.41) is 17.7. The molecule has 1 atom stereocenters. The molecule has 1 unspecified atom stereocenters. The van der Waals surface area contributed by atoms with Crippen LogP contribution in [0.15, 0.2) is 48.5 Å². The predicted octanol–water partition coefficient (Wildman–Crippen LogP) is 4.15. The molecule has 0 aliphatic carbocycles. The van der Waals surface area contributed by atoms with Crippen molar-refractivity contribution in [2.24, 2.45) is 0 Å². The highest BCUT2D eigenvalue weighted by Gasteiger charge is 2.42. The van der Waals surface area contributed by atoms with Gasteiger partial charge in [-0.25, -0.2) is 0 Å². The maximum atomic E-state index is 13.2. The van der Waals surface area contributed by atoms with Crippen molar-refractivity contribution in [3.63, 3.8) is 0 Å². The van der Waals surface area contributed by atoms with Crippen molar-refractivity contribution in [1.82, 2.24) is 15.1 Å². The highest BCUT2D eigenvalue weighted by molar-refractivity contribution is 6.00. The van der Waals surface area contributed by atoms with E-state index in [0.29, 0.717) is 36.7 Å². The fraction of sp³-hybridized carbons (Fsp3) is 0.333. The fourth-order valence-electron chi connectivity index (χ4n) is 4.00. The number of hydrogen-bond acceptors (Lipinski definition) is 5. The number of H-pyrrole nitrogens is 1. The number of nitrogens with zero attached hydrogens (tertiary/aromatic N) is 2. The van der Waals surface area contributed by atoms with Crippen LogP contribution in [0.1, 0.15) is 47.4 Å². The average molecular weight is 421 g/mol. The molecule has 0 spiro atoms. The Kier molecular flexibility index (Phi) is 6.23. The van der Waals surface area contributed by atoms with Gasteiger partial charge in [-0.3, -0.25) is 9.89 Å². The monoisotopic (exact) mass is 421 g/mol. The van der Waals surface area contributed by atoms with E-state index in [1.165, 1.54) is 0 Å². The van der Waals surface area contributed by atoms with E-state index in [9.17, 15) is 9.90 Å². The lowest BCUT2D eigenvalue weighted by molar-refractivity contribution is 0.0723. The summed E-state index contributed by atoms with van der Waals surface area (Å²) in [5.41, 5.74) is 3.40. The Morgan fingerprint density at radius 2 is 1.90 bits per heavy atom. The minimum Gasteiger partial charge on any atom is -0.507 e. The molecule has 0 saturated carbocycles. The molecular formula is C24H27N3O4. The summed E-state index contributed by atoms with van der Waals surface area (Å²) in [4.78, 5) is 15.1. The summed E-state index contributed by atoms with van der Waals surface area (Å²) in [6.45, 7) is 3.85. The van der Waals surface area contributed by atoms with Gasteiger partial charge in [0.15, 0.2) is 0 Å². The van der Waals surface area contributed by atoms with E-state index in [0.717, 1.165) is 29.7 Å². The Morgan fingerprint density at radius 3 is 2.61 bits per heavy atom. The van der Waals surface area contributed by atoms with E-state index < -0.39 is 0 Å². The molecule has 2 aromatic carbocycles. The van der Waals surface area contributed by atoms with E-state index >= 15 is 0 Å². The molecule has 2 heterocycles. The smallest absolute Gasteiger partial charge is 0.273 e. The molecular weight excluding hydrogens is 394 g/mol. The number of ether oxygens (including phenoxy) is 2. The summed E-state index contributed by atoms with van der Waals surface area (Å²) in [7, 11) is 1.65. The van der Waals surface area contributed by atoms with Gasteiger partial charge in [0.1, 0.15) is 22.9 Å². The standard InChI is InChI=1S/C24H27N3O4/c1-3-14-31-17-11-9-16(10-12-17)23-20-21(18-7-4-5-8-19(18)28)25-26-22(20)24(29)27(23)13-6-15-30-2/h4-5,7-12,23,28H,3,6,13-15H2,1-2H3,(H,25,26). The van der Waals surface area contributed by atoms with Gasteiger partial charge in [-0.05, 0) is 42.7 Å². The summed E-state index contributed by atoms with van der Waals surface area (Å²) in [5.74, 6) is 0.829. The number of aromatic amines is 1. The summed E-state index contributed by atoms with van der Waals surface area (Å²) in [6.07, 6.45) is 1.66. The maximum absolute atomic E-state index is 13.2. The van der Waals surface area contributed by atoms with Crippen LogP contribution in [0.3, 0.4) is 0 Å². The molecule has 3 aromatic rings. The average Bonchev–Trinajstić information content (AvgIpc) is 3.32. The molecule has 0 fully saturated rings. The van der Waals surface area contributed by atoms with E-state index in [2.05, 4.69) is 17.1 Å². The van der Waals surface area contributed by atoms with Crippen LogP contribution in [0.5, 0.6) is 11.5 Å². The predicted molar refractivity (Wildman–Crippen MR) is 117 cm³/mol. The van der Waals surface area contributed by atoms with Gasteiger partial charge in [-0.2, -0.15) is 5.10 Å². The molecule has 1 aliphatic rings. The van der Waals surface area contributed by atoms with Gasteiger partial charge in [0.25, 0.3) is 5.91 Å². The van der Waals surface area contributed by atoms with Crippen molar-refractivity contribution < 1.29 is 19.4 Å². The van der Waals surface area contributed by atoms with E-state index in [-0.39, 0.29) is 17.7 Å². The van der Waals surface area contributed by atoms with Crippen LogP contribution in [-0.4, -0.2) is 53.0 Å². The number of benzene rings is 2. The molecule has 4 rings (SSSR count). The second-order valence-electron chi connectivity index (χ2n) is 7.54. The van der Waals surface area contributed by atoms with Gasteiger partial charge in [-0.1, -0.05) is 31.2 Å². The minimum absolute atomic E-state index is 0.100. The molecule has 0 saturated heterocycles. The molecule has 2 N–H and O–H groups in total. The third kappa shape index (κ3) is 4.01. The molecule has 7 heteroatoms. The number of hydrogen-bond donors (Lipinski definition) is 2. The van der Waals surface area contributed by atoms with Crippen LogP contribution >= 0.6 is 0 Å². The lowest BCUT2D eigenvalue weighted by Crippen LogP contribution is -2.31. The second-order valence-corrected chi connectivity index (χ2v) is 7.54. The third-order valence-corrected chi connectivity index (χ3v) is 5.44. The molecule has 0 bridgehead atoms. The summed E-state index contributed by atoms with van der Waals surface area (Å²) in [6, 6.07) is 14.6. The highest BCUT2D eigenvalue weighted by Crippen LogP contribution is 2.44. The molecule has 31 heavy (non-hydrogen) atoms. The first-order chi connectivity index (χ1) is 15.2. The fourth-order valence-corrected chi connectivity index (χ4v) is 4.00. The van der Waals surface area contributed by atoms with Crippen molar-refractivity contribution in [2.45, 2.75) is 25.8 Å². The number of methoxy groups -OCH3 is 1. The first kappa shape index (κ1) is 20.9. The highest BCUT2D eigenvalue weighted by atomic mass is 16.5. The van der Waals surface area contributed by atoms with Crippen LogP contribution in [0.25, 0.3) is 11.3 Å². The number of aromatic hydroxyl groups is 1. The van der Waals surface area contributed by atoms with Crippen molar-refractivity contribution in [3.8, 4) is 22.8 Å². The maximum Gasteiger partial charge on any atom is 0.273 e. The van der Waals surface area contributed by atoms with Crippen LogP contribution < -0.4 is 4.74 Å². The number of carbonyl (C=O) groups excluding carboxylic acids is 1. The molecule has 1 aliphatic heterocycles. The Bertz CT molecular complexity index is 1050. The van der Waals surface area contributed by atoms with Crippen molar-refractivity contribution in [1.29, 1.82) is 0 Å². The Hall–Kier alpha value is -3.32. The Labute approximate surface area is 181 Å². The number of phenols is 1. The summed E-state index contributed by atoms with van der Waals surface area (Å²) >= 11 is 0. The van der Waals surface area contributed by atoms with Gasteiger partial charge >= 0.3 is 0 Å². The van der Waals surface area contributed by atoms with Gasteiger partial charge < -0.3 is 19.5 Å². The number of nitrogens with one attached hydrogen (secondary N) is 1. The number of para-hydroxylation sites is 1. The van der Waals surface area contributed by atoms with Crippen molar-refractivity contribution in [2.75, 3.05) is 26.9 Å². The number of rotatable bonds is 9. The Morgan fingerprint density at radius 1 is 1.13 bits per heavy atom. The largest absolute Gasteiger partial charge is 0.507 e.